The van der Waals surface area contributed by atoms with Gasteiger partial charge in [-0.1, -0.05) is 24.3 Å². The number of hydrogen-bond acceptors (Lipinski definition) is 4. The van der Waals surface area contributed by atoms with Gasteiger partial charge < -0.3 is 15.8 Å². The fourth-order valence-corrected chi connectivity index (χ4v) is 1.88. The van der Waals surface area contributed by atoms with Gasteiger partial charge in [-0.15, -0.1) is 24.8 Å². The SMILES string of the molecule is COCC(N)C(=O)NCc1nccc2ccccc12.Cl.Cl. The van der Waals surface area contributed by atoms with Crippen LogP contribution in [0.5, 0.6) is 0 Å². The number of aromatic nitrogens is 1. The number of hydrogen-bond donors (Lipinski definition) is 2. The number of benzene rings is 1. The van der Waals surface area contributed by atoms with E-state index in [1.807, 2.05) is 30.3 Å². The van der Waals surface area contributed by atoms with Gasteiger partial charge in [-0.25, -0.2) is 0 Å². The number of nitrogens with two attached hydrogens (primary N) is 1. The molecule has 1 heterocycles. The summed E-state index contributed by atoms with van der Waals surface area (Å²) in [6, 6.07) is 9.21. The Kier molecular flexibility index (Phi) is 8.89. The van der Waals surface area contributed by atoms with Crippen LogP contribution in [0.2, 0.25) is 0 Å². The van der Waals surface area contributed by atoms with Gasteiger partial charge in [0.05, 0.1) is 18.8 Å². The zero-order chi connectivity index (χ0) is 13.7. The second kappa shape index (κ2) is 9.52. The van der Waals surface area contributed by atoms with Gasteiger partial charge in [-0.3, -0.25) is 9.78 Å². The Hall–Kier alpha value is -1.40. The number of amides is 1. The number of methoxy groups -OCH3 is 1. The van der Waals surface area contributed by atoms with E-state index in [0.29, 0.717) is 6.54 Å². The predicted molar refractivity (Wildman–Crippen MR) is 87.9 cm³/mol. The number of rotatable bonds is 5. The number of fused-ring (bicyclic) bond motifs is 1. The van der Waals surface area contributed by atoms with Gasteiger partial charge in [0.1, 0.15) is 6.04 Å². The van der Waals surface area contributed by atoms with Gasteiger partial charge in [0.25, 0.3) is 0 Å². The van der Waals surface area contributed by atoms with E-state index < -0.39 is 6.04 Å². The molecule has 0 radical (unpaired) electrons. The molecule has 7 heteroatoms. The number of nitrogens with zero attached hydrogens (tertiary/aromatic N) is 1. The first-order valence-electron chi connectivity index (χ1n) is 6.07. The van der Waals surface area contributed by atoms with Crippen molar-refractivity contribution in [3.63, 3.8) is 0 Å². The predicted octanol–water partition coefficient (Wildman–Crippen LogP) is 1.67. The maximum absolute atomic E-state index is 11.7. The first-order valence-corrected chi connectivity index (χ1v) is 6.07. The molecule has 0 saturated heterocycles. The minimum Gasteiger partial charge on any atom is -0.383 e. The number of nitrogens with one attached hydrogen (secondary N) is 1. The summed E-state index contributed by atoms with van der Waals surface area (Å²) in [5.74, 6) is -0.239. The number of pyridine rings is 1. The number of halogens is 2. The van der Waals surface area contributed by atoms with Gasteiger partial charge in [-0.05, 0) is 11.5 Å². The lowest BCUT2D eigenvalue weighted by Crippen LogP contribution is -2.43. The molecule has 5 nitrogen and oxygen atoms in total. The average molecular weight is 332 g/mol. The molecule has 1 aromatic heterocycles. The normalized spacial score (nSPS) is 11.1. The fourth-order valence-electron chi connectivity index (χ4n) is 1.88. The maximum atomic E-state index is 11.7. The van der Waals surface area contributed by atoms with Crippen LogP contribution >= 0.6 is 24.8 Å². The smallest absolute Gasteiger partial charge is 0.239 e. The van der Waals surface area contributed by atoms with E-state index in [9.17, 15) is 4.79 Å². The molecule has 1 aromatic carbocycles. The van der Waals surface area contributed by atoms with Crippen molar-refractivity contribution < 1.29 is 9.53 Å². The molecule has 0 fully saturated rings. The number of carbonyl (C=O) groups excluding carboxylic acids is 1. The topological polar surface area (TPSA) is 77.2 Å². The van der Waals surface area contributed by atoms with Gasteiger partial charge >= 0.3 is 0 Å². The summed E-state index contributed by atoms with van der Waals surface area (Å²) in [6.45, 7) is 0.562. The molecule has 0 bridgehead atoms. The lowest BCUT2D eigenvalue weighted by atomic mass is 10.1. The molecular weight excluding hydrogens is 313 g/mol. The van der Waals surface area contributed by atoms with Crippen molar-refractivity contribution in [3.8, 4) is 0 Å². The molecule has 116 valence electrons. The standard InChI is InChI=1S/C14H17N3O2.2ClH/c1-19-9-12(15)14(18)17-8-13-11-5-3-2-4-10(11)6-7-16-13;;/h2-7,12H,8-9,15H2,1H3,(H,17,18);2*1H. The van der Waals surface area contributed by atoms with Crippen LogP contribution in [-0.4, -0.2) is 30.6 Å². The van der Waals surface area contributed by atoms with Crippen molar-refractivity contribution >= 4 is 41.5 Å². The summed E-state index contributed by atoms with van der Waals surface area (Å²) in [5.41, 5.74) is 6.48. The molecule has 3 N–H and O–H groups in total. The number of ether oxygens (including phenoxy) is 1. The third-order valence-corrected chi connectivity index (χ3v) is 2.87. The van der Waals surface area contributed by atoms with Crippen LogP contribution in [-0.2, 0) is 16.1 Å². The zero-order valence-corrected chi connectivity index (χ0v) is 13.2. The van der Waals surface area contributed by atoms with Crippen LogP contribution < -0.4 is 11.1 Å². The van der Waals surface area contributed by atoms with Crippen LogP contribution in [0.15, 0.2) is 36.5 Å². The zero-order valence-electron chi connectivity index (χ0n) is 11.6. The lowest BCUT2D eigenvalue weighted by molar-refractivity contribution is -0.123. The largest absolute Gasteiger partial charge is 0.383 e. The summed E-state index contributed by atoms with van der Waals surface area (Å²) < 4.78 is 4.85. The van der Waals surface area contributed by atoms with E-state index in [4.69, 9.17) is 10.5 Å². The fraction of sp³-hybridized carbons (Fsp3) is 0.286. The minimum absolute atomic E-state index is 0. The molecule has 0 saturated carbocycles. The van der Waals surface area contributed by atoms with E-state index in [-0.39, 0.29) is 37.3 Å². The Labute approximate surface area is 136 Å². The Balaban J connectivity index is 0.00000200. The van der Waals surface area contributed by atoms with Crippen molar-refractivity contribution in [2.24, 2.45) is 5.73 Å². The molecule has 1 atom stereocenters. The van der Waals surface area contributed by atoms with E-state index in [0.717, 1.165) is 16.5 Å². The Morgan fingerprint density at radius 2 is 2.05 bits per heavy atom. The van der Waals surface area contributed by atoms with Gasteiger partial charge in [0.2, 0.25) is 5.91 Å². The molecule has 2 aromatic rings. The minimum atomic E-state index is -0.653. The second-order valence-electron chi connectivity index (χ2n) is 4.26. The summed E-state index contributed by atoms with van der Waals surface area (Å²) in [7, 11) is 1.51. The molecule has 0 aliphatic rings. The van der Waals surface area contributed by atoms with Crippen molar-refractivity contribution in [3.05, 3.63) is 42.2 Å². The highest BCUT2D eigenvalue weighted by Gasteiger charge is 2.13. The van der Waals surface area contributed by atoms with Crippen LogP contribution in [0.25, 0.3) is 10.8 Å². The van der Waals surface area contributed by atoms with Crippen molar-refractivity contribution in [2.75, 3.05) is 13.7 Å². The summed E-state index contributed by atoms with van der Waals surface area (Å²) >= 11 is 0. The van der Waals surface area contributed by atoms with Gasteiger partial charge in [0, 0.05) is 18.7 Å². The monoisotopic (exact) mass is 331 g/mol. The molecule has 1 unspecified atom stereocenters. The third kappa shape index (κ3) is 5.13. The molecule has 2 rings (SSSR count). The highest BCUT2D eigenvalue weighted by Crippen LogP contribution is 2.15. The van der Waals surface area contributed by atoms with Crippen molar-refractivity contribution in [1.82, 2.24) is 10.3 Å². The highest BCUT2D eigenvalue weighted by atomic mass is 35.5. The number of carbonyl (C=O) groups is 1. The first kappa shape index (κ1) is 19.6. The quantitative estimate of drug-likeness (QED) is 0.873. The van der Waals surface area contributed by atoms with E-state index in [2.05, 4.69) is 10.3 Å². The van der Waals surface area contributed by atoms with Crippen molar-refractivity contribution in [2.45, 2.75) is 12.6 Å². The first-order chi connectivity index (χ1) is 9.22. The van der Waals surface area contributed by atoms with Crippen LogP contribution in [0, 0.1) is 0 Å². The van der Waals surface area contributed by atoms with Gasteiger partial charge in [0.15, 0.2) is 0 Å². The van der Waals surface area contributed by atoms with E-state index in [1.165, 1.54) is 7.11 Å². The Morgan fingerprint density at radius 3 is 2.76 bits per heavy atom. The highest BCUT2D eigenvalue weighted by molar-refractivity contribution is 5.86. The molecule has 0 aliphatic carbocycles. The summed E-state index contributed by atoms with van der Waals surface area (Å²) in [6.07, 6.45) is 1.74. The summed E-state index contributed by atoms with van der Waals surface area (Å²) in [5, 5.41) is 4.90. The maximum Gasteiger partial charge on any atom is 0.239 e. The van der Waals surface area contributed by atoms with Crippen molar-refractivity contribution in [1.29, 1.82) is 0 Å². The average Bonchev–Trinajstić information content (AvgIpc) is 2.45. The van der Waals surface area contributed by atoms with E-state index in [1.54, 1.807) is 6.20 Å². The molecule has 21 heavy (non-hydrogen) atoms. The Morgan fingerprint density at radius 1 is 1.33 bits per heavy atom. The lowest BCUT2D eigenvalue weighted by Gasteiger charge is -2.11. The third-order valence-electron chi connectivity index (χ3n) is 2.87. The van der Waals surface area contributed by atoms with Crippen LogP contribution in [0.4, 0.5) is 0 Å². The molecule has 0 aliphatic heterocycles. The summed E-state index contributed by atoms with van der Waals surface area (Å²) in [4.78, 5) is 16.0. The van der Waals surface area contributed by atoms with Crippen LogP contribution in [0.3, 0.4) is 0 Å². The van der Waals surface area contributed by atoms with E-state index >= 15 is 0 Å². The van der Waals surface area contributed by atoms with Crippen LogP contribution in [0.1, 0.15) is 5.69 Å². The van der Waals surface area contributed by atoms with Gasteiger partial charge in [-0.2, -0.15) is 0 Å². The molecule has 1 amide bonds. The molecule has 0 spiro atoms. The molecular formula is C14H19Cl2N3O2. The Bertz CT molecular complexity index is 576. The second-order valence-corrected chi connectivity index (χ2v) is 4.26.